The van der Waals surface area contributed by atoms with Crippen LogP contribution >= 0.6 is 12.4 Å². The minimum absolute atomic E-state index is 0. The fourth-order valence-electron chi connectivity index (χ4n) is 1.48. The van der Waals surface area contributed by atoms with Crippen molar-refractivity contribution in [3.63, 3.8) is 0 Å². The van der Waals surface area contributed by atoms with Crippen molar-refractivity contribution in [3.05, 3.63) is 29.8 Å². The standard InChI is InChI=1S/C13H21N3O3S.ClH/c1-15(2)10-9-14-13(17)11-5-7-12(8-6-11)20(18,19)16(3)4;/h5-8H,9-10H2,1-4H3,(H,14,17);1H. The van der Waals surface area contributed by atoms with E-state index in [-0.39, 0.29) is 23.2 Å². The van der Waals surface area contributed by atoms with E-state index in [0.717, 1.165) is 10.8 Å². The minimum atomic E-state index is -3.45. The van der Waals surface area contributed by atoms with E-state index in [1.54, 1.807) is 0 Å². The molecule has 0 atom stereocenters. The van der Waals surface area contributed by atoms with Crippen LogP contribution in [0.15, 0.2) is 29.2 Å². The number of sulfonamides is 1. The van der Waals surface area contributed by atoms with Crippen LogP contribution in [0, 0.1) is 0 Å². The van der Waals surface area contributed by atoms with Crippen molar-refractivity contribution in [2.75, 3.05) is 41.3 Å². The summed E-state index contributed by atoms with van der Waals surface area (Å²) in [5.74, 6) is -0.208. The summed E-state index contributed by atoms with van der Waals surface area (Å²) < 4.78 is 24.9. The molecule has 0 aliphatic heterocycles. The molecule has 0 aliphatic carbocycles. The molecule has 0 radical (unpaired) electrons. The van der Waals surface area contributed by atoms with Crippen molar-refractivity contribution >= 4 is 28.3 Å². The van der Waals surface area contributed by atoms with Crippen LogP contribution in [0.1, 0.15) is 10.4 Å². The summed E-state index contributed by atoms with van der Waals surface area (Å²) >= 11 is 0. The van der Waals surface area contributed by atoms with Crippen molar-refractivity contribution in [3.8, 4) is 0 Å². The predicted molar refractivity (Wildman–Crippen MR) is 85.5 cm³/mol. The van der Waals surface area contributed by atoms with Crippen LogP contribution in [0.25, 0.3) is 0 Å². The SMILES string of the molecule is CN(C)CCNC(=O)c1ccc(S(=O)(=O)N(C)C)cc1.Cl. The molecule has 0 bridgehead atoms. The molecule has 0 aromatic heterocycles. The molecule has 0 aliphatic rings. The Hall–Kier alpha value is -1.15. The average molecular weight is 336 g/mol. The van der Waals surface area contributed by atoms with Gasteiger partial charge in [0.1, 0.15) is 0 Å². The number of carbonyl (C=O) groups is 1. The van der Waals surface area contributed by atoms with Crippen LogP contribution in [0.2, 0.25) is 0 Å². The molecule has 0 saturated heterocycles. The van der Waals surface area contributed by atoms with Gasteiger partial charge in [-0.25, -0.2) is 12.7 Å². The van der Waals surface area contributed by atoms with Gasteiger partial charge < -0.3 is 10.2 Å². The number of carbonyl (C=O) groups excluding carboxylic acids is 1. The minimum Gasteiger partial charge on any atom is -0.351 e. The fourth-order valence-corrected chi connectivity index (χ4v) is 2.39. The number of likely N-dealkylation sites (N-methyl/N-ethyl adjacent to an activating group) is 1. The maximum absolute atomic E-state index is 11.9. The molecule has 8 heteroatoms. The van der Waals surface area contributed by atoms with Crippen molar-refractivity contribution < 1.29 is 13.2 Å². The molecule has 0 fully saturated rings. The average Bonchev–Trinajstić information content (AvgIpc) is 2.38. The normalized spacial score (nSPS) is 11.3. The molecular formula is C13H22ClN3O3S. The monoisotopic (exact) mass is 335 g/mol. The number of rotatable bonds is 6. The Labute approximate surface area is 132 Å². The van der Waals surface area contributed by atoms with E-state index in [9.17, 15) is 13.2 Å². The molecule has 0 unspecified atom stereocenters. The Balaban J connectivity index is 0.00000400. The molecule has 1 aromatic rings. The zero-order chi connectivity index (χ0) is 15.3. The maximum Gasteiger partial charge on any atom is 0.251 e. The second-order valence-corrected chi connectivity index (χ2v) is 7.02. The van der Waals surface area contributed by atoms with Crippen LogP contribution in [-0.4, -0.2) is 64.8 Å². The summed E-state index contributed by atoms with van der Waals surface area (Å²) in [5.41, 5.74) is 0.446. The largest absolute Gasteiger partial charge is 0.351 e. The first kappa shape index (κ1) is 19.9. The van der Waals surface area contributed by atoms with Gasteiger partial charge >= 0.3 is 0 Å². The van der Waals surface area contributed by atoms with Crippen molar-refractivity contribution in [2.24, 2.45) is 0 Å². The Bertz CT molecular complexity index is 557. The van der Waals surface area contributed by atoms with Crippen LogP contribution < -0.4 is 5.32 Å². The van der Waals surface area contributed by atoms with E-state index in [4.69, 9.17) is 0 Å². The molecule has 0 heterocycles. The molecule has 1 aromatic carbocycles. The van der Waals surface area contributed by atoms with Gasteiger partial charge in [0.25, 0.3) is 5.91 Å². The lowest BCUT2D eigenvalue weighted by molar-refractivity contribution is 0.0951. The van der Waals surface area contributed by atoms with Crippen LogP contribution in [0.5, 0.6) is 0 Å². The Kier molecular flexibility index (Phi) is 7.87. The molecule has 0 spiro atoms. The zero-order valence-electron chi connectivity index (χ0n) is 12.7. The van der Waals surface area contributed by atoms with Crippen molar-refractivity contribution in [1.29, 1.82) is 0 Å². The van der Waals surface area contributed by atoms with Gasteiger partial charge in [-0.15, -0.1) is 12.4 Å². The van der Waals surface area contributed by atoms with Crippen molar-refractivity contribution in [2.45, 2.75) is 4.90 Å². The molecular weight excluding hydrogens is 314 g/mol. The van der Waals surface area contributed by atoms with Crippen LogP contribution in [0.4, 0.5) is 0 Å². The number of halogens is 1. The first-order chi connectivity index (χ1) is 9.25. The highest BCUT2D eigenvalue weighted by molar-refractivity contribution is 7.89. The lowest BCUT2D eigenvalue weighted by Gasteiger charge is -2.12. The highest BCUT2D eigenvalue weighted by Crippen LogP contribution is 2.13. The van der Waals surface area contributed by atoms with Gasteiger partial charge in [0.15, 0.2) is 0 Å². The van der Waals surface area contributed by atoms with E-state index in [2.05, 4.69) is 5.32 Å². The number of hydrogen-bond donors (Lipinski definition) is 1. The van der Waals surface area contributed by atoms with Gasteiger partial charge in [0.2, 0.25) is 10.0 Å². The highest BCUT2D eigenvalue weighted by atomic mass is 35.5. The lowest BCUT2D eigenvalue weighted by Crippen LogP contribution is -2.31. The predicted octanol–water partition coefficient (Wildman–Crippen LogP) is 0.650. The van der Waals surface area contributed by atoms with Gasteiger partial charge in [0, 0.05) is 32.7 Å². The molecule has 1 rings (SSSR count). The van der Waals surface area contributed by atoms with Crippen molar-refractivity contribution in [1.82, 2.24) is 14.5 Å². The van der Waals surface area contributed by atoms with E-state index in [0.29, 0.717) is 12.1 Å². The molecule has 1 amide bonds. The number of amides is 1. The summed E-state index contributed by atoms with van der Waals surface area (Å²) in [7, 11) is 3.33. The molecule has 1 N–H and O–H groups in total. The quantitative estimate of drug-likeness (QED) is 0.828. The van der Waals surface area contributed by atoms with E-state index >= 15 is 0 Å². The molecule has 0 saturated carbocycles. The van der Waals surface area contributed by atoms with Crippen LogP contribution in [0.3, 0.4) is 0 Å². The third kappa shape index (κ3) is 5.62. The lowest BCUT2D eigenvalue weighted by atomic mass is 10.2. The topological polar surface area (TPSA) is 69.7 Å². The Morgan fingerprint density at radius 1 is 1.10 bits per heavy atom. The first-order valence-electron chi connectivity index (χ1n) is 6.20. The summed E-state index contributed by atoms with van der Waals surface area (Å²) in [6.45, 7) is 1.29. The second kappa shape index (κ2) is 8.33. The smallest absolute Gasteiger partial charge is 0.251 e. The third-order valence-corrected chi connectivity index (χ3v) is 4.57. The zero-order valence-corrected chi connectivity index (χ0v) is 14.3. The summed E-state index contributed by atoms with van der Waals surface area (Å²) in [5, 5.41) is 2.77. The highest BCUT2D eigenvalue weighted by Gasteiger charge is 2.17. The van der Waals surface area contributed by atoms with Crippen LogP contribution in [-0.2, 0) is 10.0 Å². The number of hydrogen-bond acceptors (Lipinski definition) is 4. The molecule has 120 valence electrons. The Morgan fingerprint density at radius 2 is 1.62 bits per heavy atom. The first-order valence-corrected chi connectivity index (χ1v) is 7.64. The molecule has 6 nitrogen and oxygen atoms in total. The van der Waals surface area contributed by atoms with Gasteiger partial charge in [0.05, 0.1) is 4.90 Å². The number of nitrogens with zero attached hydrogens (tertiary/aromatic N) is 2. The second-order valence-electron chi connectivity index (χ2n) is 4.87. The maximum atomic E-state index is 11.9. The fraction of sp³-hybridized carbons (Fsp3) is 0.462. The van der Waals surface area contributed by atoms with Gasteiger partial charge in [-0.05, 0) is 38.4 Å². The summed E-state index contributed by atoms with van der Waals surface area (Å²) in [4.78, 5) is 14.0. The molecule has 21 heavy (non-hydrogen) atoms. The number of benzene rings is 1. The summed E-state index contributed by atoms with van der Waals surface area (Å²) in [6.07, 6.45) is 0. The Morgan fingerprint density at radius 3 is 2.05 bits per heavy atom. The number of nitrogens with one attached hydrogen (secondary N) is 1. The van der Waals surface area contributed by atoms with E-state index < -0.39 is 10.0 Å². The van der Waals surface area contributed by atoms with E-state index in [1.807, 2.05) is 19.0 Å². The third-order valence-electron chi connectivity index (χ3n) is 2.74. The van der Waals surface area contributed by atoms with Gasteiger partial charge in [-0.2, -0.15) is 0 Å². The summed E-state index contributed by atoms with van der Waals surface area (Å²) in [6, 6.07) is 5.91. The van der Waals surface area contributed by atoms with E-state index in [1.165, 1.54) is 38.4 Å². The van der Waals surface area contributed by atoms with Gasteiger partial charge in [-0.1, -0.05) is 0 Å². The van der Waals surface area contributed by atoms with Gasteiger partial charge in [-0.3, -0.25) is 4.79 Å².